The van der Waals surface area contributed by atoms with E-state index in [1.54, 1.807) is 30.5 Å². The van der Waals surface area contributed by atoms with Gasteiger partial charge in [0, 0.05) is 79.3 Å². The second-order valence-corrected chi connectivity index (χ2v) is 19.3. The van der Waals surface area contributed by atoms with Crippen molar-refractivity contribution in [1.29, 1.82) is 0 Å². The van der Waals surface area contributed by atoms with Crippen molar-refractivity contribution in [3.63, 3.8) is 0 Å². The largest absolute Gasteiger partial charge is 0.444 e. The van der Waals surface area contributed by atoms with Crippen molar-refractivity contribution >= 4 is 17.7 Å². The predicted octanol–water partition coefficient (Wildman–Crippen LogP) is 7.82. The fourth-order valence-electron chi connectivity index (χ4n) is 8.94. The Morgan fingerprint density at radius 1 is 0.912 bits per heavy atom. The third-order valence-corrected chi connectivity index (χ3v) is 12.8. The lowest BCUT2D eigenvalue weighted by Crippen LogP contribution is -2.62. The number of rotatable bonds is 16. The number of anilines is 1. The molecule has 0 radical (unpaired) electrons. The van der Waals surface area contributed by atoms with Crippen molar-refractivity contribution in [2.24, 2.45) is 11.3 Å². The highest BCUT2D eigenvalue weighted by molar-refractivity contribution is 5.88. The number of alkyl halides is 5. The number of aliphatic hydroxyl groups excluding tert-OH is 1. The van der Waals surface area contributed by atoms with E-state index in [4.69, 9.17) is 14.5 Å². The lowest BCUT2D eigenvalue weighted by Gasteiger charge is -2.47. The number of Topliss-reactive ketones (excluding diaryl/α,β-unsaturated/α-hetero) is 1. The number of halogens is 7. The Balaban J connectivity index is 1.04. The summed E-state index contributed by atoms with van der Waals surface area (Å²) in [6.07, 6.45) is -3.32. The van der Waals surface area contributed by atoms with E-state index in [1.807, 2.05) is 12.1 Å². The number of carbonyl (C=O) groups excluding carboxylic acids is 2. The molecule has 2 aromatic carbocycles. The van der Waals surface area contributed by atoms with Gasteiger partial charge >= 0.3 is 18.8 Å². The molecule has 3 aliphatic rings. The van der Waals surface area contributed by atoms with Gasteiger partial charge in [-0.3, -0.25) is 9.69 Å². The van der Waals surface area contributed by atoms with Crippen LogP contribution in [0.1, 0.15) is 82.7 Å². The van der Waals surface area contributed by atoms with Crippen LogP contribution < -0.4 is 15.5 Å². The first kappa shape index (κ1) is 50.3. The van der Waals surface area contributed by atoms with E-state index >= 15 is 8.78 Å². The zero-order valence-corrected chi connectivity index (χ0v) is 38.4. The molecule has 7 rings (SSSR count). The van der Waals surface area contributed by atoms with Crippen molar-refractivity contribution in [3.8, 4) is 23.1 Å². The molecule has 68 heavy (non-hydrogen) atoms. The zero-order chi connectivity index (χ0) is 49.1. The molecule has 0 saturated carbocycles. The van der Waals surface area contributed by atoms with Gasteiger partial charge in [-0.05, 0) is 108 Å². The maximum atomic E-state index is 15.2. The van der Waals surface area contributed by atoms with Crippen LogP contribution in [-0.2, 0) is 27.2 Å². The molecule has 2 bridgehead atoms. The fourth-order valence-corrected chi connectivity index (χ4v) is 8.94. The summed E-state index contributed by atoms with van der Waals surface area (Å²) in [5.74, 6) is 2.96. The van der Waals surface area contributed by atoms with Crippen molar-refractivity contribution < 1.29 is 54.9 Å². The Bertz CT molecular complexity index is 2420. The Hall–Kier alpha value is -5.55. The number of amides is 1. The molecule has 5 atom stereocenters. The Morgan fingerprint density at radius 3 is 2.09 bits per heavy atom. The minimum atomic E-state index is -4.96. The van der Waals surface area contributed by atoms with E-state index in [1.165, 1.54) is 39.7 Å². The number of hydrogen-bond donors (Lipinski definition) is 3. The van der Waals surface area contributed by atoms with Crippen LogP contribution in [0.2, 0.25) is 0 Å². The number of aliphatic hydroxyl groups is 1. The Morgan fingerprint density at radius 2 is 1.54 bits per heavy atom. The lowest BCUT2D eigenvalue weighted by atomic mass is 9.77. The van der Waals surface area contributed by atoms with Gasteiger partial charge in [0.25, 0.3) is 0 Å². The van der Waals surface area contributed by atoms with Crippen LogP contribution in [0, 0.1) is 34.8 Å². The van der Waals surface area contributed by atoms with Crippen molar-refractivity contribution in [1.82, 2.24) is 30.3 Å². The minimum Gasteiger partial charge on any atom is -0.444 e. The van der Waals surface area contributed by atoms with Gasteiger partial charge in [0.15, 0.2) is 5.78 Å². The normalized spacial score (nSPS) is 19.2. The number of nitrogens with zero attached hydrogens (tertiary/aromatic N) is 5. The van der Waals surface area contributed by atoms with Gasteiger partial charge in [-0.1, -0.05) is 24.0 Å². The summed E-state index contributed by atoms with van der Waals surface area (Å²) in [5.41, 5.74) is -2.57. The lowest BCUT2D eigenvalue weighted by molar-refractivity contribution is -0.220. The van der Waals surface area contributed by atoms with Gasteiger partial charge < -0.3 is 30.1 Å². The third kappa shape index (κ3) is 12.0. The van der Waals surface area contributed by atoms with E-state index in [9.17, 15) is 36.6 Å². The number of pyridine rings is 1. The first-order valence-electron chi connectivity index (χ1n) is 22.5. The summed E-state index contributed by atoms with van der Waals surface area (Å²) in [4.78, 5) is 36.5. The van der Waals surface area contributed by atoms with Crippen molar-refractivity contribution in [3.05, 3.63) is 101 Å². The summed E-state index contributed by atoms with van der Waals surface area (Å²) in [6.45, 7) is 5.72. The van der Waals surface area contributed by atoms with Crippen LogP contribution in [0.15, 0.2) is 67.0 Å². The van der Waals surface area contributed by atoms with Crippen LogP contribution >= 0.6 is 0 Å². The molecule has 19 heteroatoms. The molecular weight excluding hydrogens is 900 g/mol. The standard InChI is InChI=1S/C49H56F7N7O5/c1-47(2,3)68-46(66)59-44(48(4,5)49(54,55)56)41(64)21-33(42(65)24-57-23-37-38(50)19-32(20-39(37)51)40-16-17-62(60-40)45(52)53)18-30-9-6-29(7-10-30)8-11-31-12-15-43(58-22-31)61-25-34-13-14-35(26-61)63(34)36-27-67-28-36/h6-7,9-10,12,15-17,19-20,22,33-36,42,44-45,57,65H,13-14,18,21,23-28H2,1-5H3,(H,59,66)/t33-,34?,35?,42+,44-/m1/s1. The number of ether oxygens (including phenoxy) is 2. The number of carbonyl (C=O) groups is 2. The van der Waals surface area contributed by atoms with E-state index in [-0.39, 0.29) is 24.2 Å². The molecule has 4 aromatic rings. The third-order valence-electron chi connectivity index (χ3n) is 12.8. The van der Waals surface area contributed by atoms with Crippen LogP contribution in [0.25, 0.3) is 11.3 Å². The maximum absolute atomic E-state index is 15.2. The Kier molecular flexibility index (Phi) is 15.2. The molecule has 3 aliphatic heterocycles. The number of alkyl carbamates (subject to hydrolysis) is 1. The highest BCUT2D eigenvalue weighted by Gasteiger charge is 2.56. The summed E-state index contributed by atoms with van der Waals surface area (Å²) < 4.78 is 111. The average Bonchev–Trinajstić information content (AvgIpc) is 3.83. The van der Waals surface area contributed by atoms with Crippen LogP contribution in [-0.4, -0.2) is 112 Å². The predicted molar refractivity (Wildman–Crippen MR) is 238 cm³/mol. The molecule has 2 aromatic heterocycles. The first-order chi connectivity index (χ1) is 32.1. The number of fused-ring (bicyclic) bond motifs is 2. The maximum Gasteiger partial charge on any atom is 0.408 e. The SMILES string of the molecule is CC(C)(C)OC(=O)N[C@H](C(=O)C[C@@H](Cc1ccc(C#Cc2ccc(N3CC4CCC(C3)N4C3COC3)nc2)cc1)[C@@H](O)CNCc1c(F)cc(-c2ccn(C(F)F)n2)cc1F)C(C)(C)C(F)(F)F. The number of benzene rings is 2. The first-order valence-corrected chi connectivity index (χ1v) is 22.5. The average molecular weight is 956 g/mol. The van der Waals surface area contributed by atoms with Gasteiger partial charge in [0.05, 0.1) is 36.5 Å². The molecular formula is C49H56F7N7O5. The molecule has 5 heterocycles. The molecule has 3 fully saturated rings. The van der Waals surface area contributed by atoms with E-state index in [0.717, 1.165) is 64.3 Å². The quantitative estimate of drug-likeness (QED) is 0.0755. The number of hydrogen-bond acceptors (Lipinski definition) is 10. The number of piperazine rings is 1. The fraction of sp³-hybridized carbons (Fsp3) is 0.510. The summed E-state index contributed by atoms with van der Waals surface area (Å²) in [7, 11) is 0. The monoisotopic (exact) mass is 955 g/mol. The summed E-state index contributed by atoms with van der Waals surface area (Å²) in [5, 5.41) is 20.1. The number of aromatic nitrogens is 3. The molecule has 1 amide bonds. The summed E-state index contributed by atoms with van der Waals surface area (Å²) in [6, 6.07) is 13.1. The van der Waals surface area contributed by atoms with Crippen LogP contribution in [0.5, 0.6) is 0 Å². The van der Waals surface area contributed by atoms with E-state index in [2.05, 4.69) is 37.4 Å². The molecule has 366 valence electrons. The molecule has 12 nitrogen and oxygen atoms in total. The summed E-state index contributed by atoms with van der Waals surface area (Å²) >= 11 is 0. The minimum absolute atomic E-state index is 0.0353. The molecule has 3 N–H and O–H groups in total. The van der Waals surface area contributed by atoms with Gasteiger partial charge in [-0.2, -0.15) is 27.1 Å². The molecule has 0 spiro atoms. The van der Waals surface area contributed by atoms with E-state index < -0.39 is 83.8 Å². The van der Waals surface area contributed by atoms with Gasteiger partial charge in [0.2, 0.25) is 0 Å². The van der Waals surface area contributed by atoms with Gasteiger partial charge in [-0.15, -0.1) is 0 Å². The Labute approximate surface area is 390 Å². The zero-order valence-electron chi connectivity index (χ0n) is 38.4. The molecule has 2 unspecified atom stereocenters. The smallest absolute Gasteiger partial charge is 0.408 e. The highest BCUT2D eigenvalue weighted by atomic mass is 19.4. The van der Waals surface area contributed by atoms with Crippen molar-refractivity contribution in [2.75, 3.05) is 37.7 Å². The van der Waals surface area contributed by atoms with E-state index in [0.29, 0.717) is 39.5 Å². The molecule has 0 aliphatic carbocycles. The van der Waals surface area contributed by atoms with Crippen molar-refractivity contribution in [2.45, 2.75) is 115 Å². The number of ketones is 1. The van der Waals surface area contributed by atoms with Crippen LogP contribution in [0.4, 0.5) is 41.3 Å². The topological polar surface area (TPSA) is 134 Å². The van der Waals surface area contributed by atoms with Crippen LogP contribution in [0.3, 0.4) is 0 Å². The second kappa shape index (κ2) is 20.6. The van der Waals surface area contributed by atoms with Gasteiger partial charge in [-0.25, -0.2) is 23.2 Å². The number of nitrogens with one attached hydrogen (secondary N) is 2. The highest BCUT2D eigenvalue weighted by Crippen LogP contribution is 2.42. The van der Waals surface area contributed by atoms with Gasteiger partial charge in [0.1, 0.15) is 29.1 Å². The second-order valence-electron chi connectivity index (χ2n) is 19.3. The molecule has 3 saturated heterocycles.